The standard InChI is InChI=1S/C15H19F7O2/c1-11(2)8-4-5-12(11,3)10(24)7(8)6-9(23)13(16,17)14(18,19)15(20,21)22/h7-8,10,24H,4-6H2,1-3H3. The van der Waals surface area contributed by atoms with Crippen LogP contribution < -0.4 is 0 Å². The summed E-state index contributed by atoms with van der Waals surface area (Å²) in [5.41, 5.74) is -1.22. The van der Waals surface area contributed by atoms with Crippen LogP contribution in [-0.4, -0.2) is 35.0 Å². The zero-order valence-corrected chi connectivity index (χ0v) is 13.4. The summed E-state index contributed by atoms with van der Waals surface area (Å²) < 4.78 is 89.5. The molecule has 2 nitrogen and oxygen atoms in total. The zero-order valence-electron chi connectivity index (χ0n) is 13.4. The van der Waals surface area contributed by atoms with E-state index in [9.17, 15) is 40.6 Å². The SMILES string of the molecule is CC1(C)C2CCC1(C)C(O)C2CC(=O)C(F)(F)C(F)(F)C(F)(F)F. The Kier molecular flexibility index (Phi) is 4.12. The molecule has 0 amide bonds. The Hall–Kier alpha value is -0.860. The Bertz CT molecular complexity index is 540. The molecule has 24 heavy (non-hydrogen) atoms. The van der Waals surface area contributed by atoms with E-state index in [2.05, 4.69) is 0 Å². The molecule has 2 aliphatic carbocycles. The number of Topliss-reactive ketones (excluding diaryl/α,β-unsaturated/α-hetero) is 1. The van der Waals surface area contributed by atoms with E-state index in [1.54, 1.807) is 20.8 Å². The molecule has 0 aromatic heterocycles. The van der Waals surface area contributed by atoms with E-state index in [0.29, 0.717) is 12.8 Å². The molecule has 0 spiro atoms. The van der Waals surface area contributed by atoms with E-state index < -0.39 is 59.0 Å². The molecule has 1 N–H and O–H groups in total. The molecule has 4 unspecified atom stereocenters. The highest BCUT2D eigenvalue weighted by molar-refractivity contribution is 5.87. The van der Waals surface area contributed by atoms with Gasteiger partial charge in [-0.25, -0.2) is 0 Å². The van der Waals surface area contributed by atoms with Gasteiger partial charge >= 0.3 is 18.0 Å². The number of carbonyl (C=O) groups is 1. The maximum atomic E-state index is 13.5. The Morgan fingerprint density at radius 1 is 1.08 bits per heavy atom. The van der Waals surface area contributed by atoms with Gasteiger partial charge in [-0.1, -0.05) is 20.8 Å². The van der Waals surface area contributed by atoms with Crippen LogP contribution in [0.3, 0.4) is 0 Å². The Morgan fingerprint density at radius 3 is 1.96 bits per heavy atom. The summed E-state index contributed by atoms with van der Waals surface area (Å²) in [4.78, 5) is 11.6. The van der Waals surface area contributed by atoms with Crippen LogP contribution in [0.4, 0.5) is 30.7 Å². The summed E-state index contributed by atoms with van der Waals surface area (Å²) >= 11 is 0. The third-order valence-corrected chi connectivity index (χ3v) is 6.47. The van der Waals surface area contributed by atoms with Crippen LogP contribution >= 0.6 is 0 Å². The highest BCUT2D eigenvalue weighted by atomic mass is 19.4. The molecule has 2 fully saturated rings. The van der Waals surface area contributed by atoms with Crippen molar-refractivity contribution >= 4 is 5.78 Å². The molecule has 0 aliphatic heterocycles. The van der Waals surface area contributed by atoms with Crippen LogP contribution in [0.2, 0.25) is 0 Å². The molecule has 2 rings (SSSR count). The third kappa shape index (κ3) is 2.22. The minimum absolute atomic E-state index is 0.392. The maximum absolute atomic E-state index is 13.5. The summed E-state index contributed by atoms with van der Waals surface area (Å²) in [6.45, 7) is 5.27. The molecule has 0 aromatic rings. The van der Waals surface area contributed by atoms with Crippen LogP contribution in [0, 0.1) is 22.7 Å². The maximum Gasteiger partial charge on any atom is 0.460 e. The highest BCUT2D eigenvalue weighted by Gasteiger charge is 2.76. The Balaban J connectivity index is 2.25. The molecule has 2 saturated carbocycles. The number of aliphatic hydroxyl groups excluding tert-OH is 1. The number of rotatable bonds is 4. The third-order valence-electron chi connectivity index (χ3n) is 6.47. The molecule has 2 bridgehead atoms. The molecule has 140 valence electrons. The van der Waals surface area contributed by atoms with Crippen molar-refractivity contribution in [2.45, 2.75) is 64.2 Å². The fourth-order valence-electron chi connectivity index (χ4n) is 4.48. The van der Waals surface area contributed by atoms with Crippen molar-refractivity contribution in [1.29, 1.82) is 0 Å². The van der Waals surface area contributed by atoms with Crippen molar-refractivity contribution in [3.8, 4) is 0 Å². The highest BCUT2D eigenvalue weighted by Crippen LogP contribution is 2.68. The fraction of sp³-hybridized carbons (Fsp3) is 0.933. The largest absolute Gasteiger partial charge is 0.460 e. The lowest BCUT2D eigenvalue weighted by Crippen LogP contribution is -2.56. The number of fused-ring (bicyclic) bond motifs is 2. The number of halogens is 7. The van der Waals surface area contributed by atoms with Crippen molar-refractivity contribution in [3.05, 3.63) is 0 Å². The number of aliphatic hydroxyl groups is 1. The van der Waals surface area contributed by atoms with Crippen LogP contribution in [0.1, 0.15) is 40.0 Å². The first-order valence-electron chi connectivity index (χ1n) is 7.55. The summed E-state index contributed by atoms with van der Waals surface area (Å²) in [5.74, 6) is -16.2. The van der Waals surface area contributed by atoms with E-state index in [1.807, 2.05) is 0 Å². The lowest BCUT2D eigenvalue weighted by atomic mass is 9.70. The average molecular weight is 364 g/mol. The zero-order chi connectivity index (χ0) is 18.9. The van der Waals surface area contributed by atoms with Gasteiger partial charge in [0.2, 0.25) is 5.78 Å². The predicted octanol–water partition coefficient (Wildman–Crippen LogP) is 4.21. The van der Waals surface area contributed by atoms with Crippen LogP contribution in [0.15, 0.2) is 0 Å². The average Bonchev–Trinajstić information content (AvgIpc) is 2.71. The van der Waals surface area contributed by atoms with E-state index in [1.165, 1.54) is 0 Å². The molecular weight excluding hydrogens is 345 g/mol. The van der Waals surface area contributed by atoms with Gasteiger partial charge in [-0.05, 0) is 35.5 Å². The van der Waals surface area contributed by atoms with Crippen molar-refractivity contribution < 1.29 is 40.6 Å². The second-order valence-electron chi connectivity index (χ2n) is 7.67. The van der Waals surface area contributed by atoms with Gasteiger partial charge in [0.05, 0.1) is 6.10 Å². The Labute approximate surface area is 134 Å². The van der Waals surface area contributed by atoms with Gasteiger partial charge in [0.1, 0.15) is 0 Å². The quantitative estimate of drug-likeness (QED) is 0.759. The van der Waals surface area contributed by atoms with Crippen molar-refractivity contribution in [2.24, 2.45) is 22.7 Å². The second kappa shape index (κ2) is 5.08. The first-order valence-corrected chi connectivity index (χ1v) is 7.55. The number of alkyl halides is 7. The van der Waals surface area contributed by atoms with Crippen LogP contribution in [-0.2, 0) is 4.79 Å². The number of carbonyl (C=O) groups excluding carboxylic acids is 1. The van der Waals surface area contributed by atoms with Gasteiger partial charge in [0.25, 0.3) is 0 Å². The molecule has 0 aromatic carbocycles. The number of hydrogen-bond donors (Lipinski definition) is 1. The van der Waals surface area contributed by atoms with E-state index in [0.717, 1.165) is 0 Å². The van der Waals surface area contributed by atoms with Crippen molar-refractivity contribution in [2.75, 3.05) is 0 Å². The molecule has 0 heterocycles. The summed E-state index contributed by atoms with van der Waals surface area (Å²) in [7, 11) is 0. The molecule has 4 atom stereocenters. The van der Waals surface area contributed by atoms with E-state index >= 15 is 0 Å². The lowest BCUT2D eigenvalue weighted by Gasteiger charge is -2.37. The van der Waals surface area contributed by atoms with Gasteiger partial charge in [0.15, 0.2) is 0 Å². The van der Waals surface area contributed by atoms with Gasteiger partial charge in [-0.2, -0.15) is 30.7 Å². The Morgan fingerprint density at radius 2 is 1.58 bits per heavy atom. The summed E-state index contributed by atoms with van der Waals surface area (Å²) in [5, 5.41) is 10.3. The van der Waals surface area contributed by atoms with Crippen molar-refractivity contribution in [3.63, 3.8) is 0 Å². The van der Waals surface area contributed by atoms with Crippen LogP contribution in [0.25, 0.3) is 0 Å². The van der Waals surface area contributed by atoms with Gasteiger partial charge in [-0.15, -0.1) is 0 Å². The van der Waals surface area contributed by atoms with Gasteiger partial charge in [-0.3, -0.25) is 4.79 Å². The summed E-state index contributed by atoms with van der Waals surface area (Å²) in [6.07, 6.45) is -7.87. The normalized spacial score (nSPS) is 36.2. The molecular formula is C15H19F7O2. The van der Waals surface area contributed by atoms with Crippen molar-refractivity contribution in [1.82, 2.24) is 0 Å². The van der Waals surface area contributed by atoms with Gasteiger partial charge in [0, 0.05) is 6.42 Å². The molecule has 9 heteroatoms. The summed E-state index contributed by atoms with van der Waals surface area (Å²) in [6, 6.07) is 0. The minimum atomic E-state index is -6.54. The number of hydrogen-bond acceptors (Lipinski definition) is 2. The topological polar surface area (TPSA) is 37.3 Å². The fourth-order valence-corrected chi connectivity index (χ4v) is 4.48. The van der Waals surface area contributed by atoms with Gasteiger partial charge < -0.3 is 5.11 Å². The first-order chi connectivity index (χ1) is 10.5. The predicted molar refractivity (Wildman–Crippen MR) is 69.7 cm³/mol. The monoisotopic (exact) mass is 364 g/mol. The number of ketones is 1. The first kappa shape index (κ1) is 19.5. The van der Waals surface area contributed by atoms with Crippen LogP contribution in [0.5, 0.6) is 0 Å². The van der Waals surface area contributed by atoms with E-state index in [-0.39, 0.29) is 0 Å². The lowest BCUT2D eigenvalue weighted by molar-refractivity contribution is -0.343. The smallest absolute Gasteiger partial charge is 0.392 e. The molecule has 0 radical (unpaired) electrons. The molecule has 0 saturated heterocycles. The minimum Gasteiger partial charge on any atom is -0.392 e. The second-order valence-corrected chi connectivity index (χ2v) is 7.67. The molecule has 2 aliphatic rings. The van der Waals surface area contributed by atoms with E-state index in [4.69, 9.17) is 0 Å².